The lowest BCUT2D eigenvalue weighted by molar-refractivity contribution is -0.137. The van der Waals surface area contributed by atoms with Crippen LogP contribution in [0.3, 0.4) is 0 Å². The number of alkyl halides is 3. The van der Waals surface area contributed by atoms with Crippen molar-refractivity contribution in [2.24, 2.45) is 5.92 Å². The topological polar surface area (TPSA) is 81.8 Å². The number of hydrogen-bond donors (Lipinski definition) is 2. The number of halogens is 4. The molecule has 3 rings (SSSR count). The molecule has 1 aliphatic heterocycles. The van der Waals surface area contributed by atoms with Crippen molar-refractivity contribution in [3.63, 3.8) is 0 Å². The number of hydrogen-bond acceptors (Lipinski definition) is 4. The van der Waals surface area contributed by atoms with Crippen LogP contribution in [0.1, 0.15) is 38.2 Å². The molecule has 1 spiro atoms. The van der Waals surface area contributed by atoms with Crippen molar-refractivity contribution in [2.45, 2.75) is 44.3 Å². The van der Waals surface area contributed by atoms with Gasteiger partial charge < -0.3 is 10.6 Å². The number of nitrogens with zero attached hydrogens (tertiary/aromatic N) is 2. The highest BCUT2D eigenvalue weighted by molar-refractivity contribution is 6.31. The van der Waals surface area contributed by atoms with Gasteiger partial charge in [0.2, 0.25) is 5.91 Å². The Hall–Kier alpha value is -2.33. The van der Waals surface area contributed by atoms with E-state index in [2.05, 4.69) is 17.6 Å². The van der Waals surface area contributed by atoms with Gasteiger partial charge >= 0.3 is 12.2 Å². The molecule has 2 aliphatic rings. The van der Waals surface area contributed by atoms with Gasteiger partial charge in [0.15, 0.2) is 0 Å². The Bertz CT molecular complexity index is 885. The van der Waals surface area contributed by atoms with Crippen molar-refractivity contribution in [2.75, 3.05) is 25.6 Å². The maximum Gasteiger partial charge on any atom is 0.417 e. The number of carbonyl (C=O) groups is 3. The summed E-state index contributed by atoms with van der Waals surface area (Å²) in [5.41, 5.74) is -1.98. The van der Waals surface area contributed by atoms with Gasteiger partial charge in [0.05, 0.1) is 23.8 Å². The Morgan fingerprint density at radius 3 is 2.58 bits per heavy atom. The third-order valence-corrected chi connectivity index (χ3v) is 6.06. The molecule has 0 aromatic heterocycles. The minimum absolute atomic E-state index is 0.0552. The van der Waals surface area contributed by atoms with Gasteiger partial charge in [-0.3, -0.25) is 14.5 Å². The fourth-order valence-corrected chi connectivity index (χ4v) is 4.18. The van der Waals surface area contributed by atoms with E-state index in [1.807, 2.05) is 0 Å². The lowest BCUT2D eigenvalue weighted by Gasteiger charge is -2.33. The zero-order valence-corrected chi connectivity index (χ0v) is 17.9. The van der Waals surface area contributed by atoms with E-state index in [0.29, 0.717) is 18.8 Å². The second kappa shape index (κ2) is 8.66. The molecule has 1 aromatic carbocycles. The van der Waals surface area contributed by atoms with Crippen molar-refractivity contribution in [3.05, 3.63) is 28.8 Å². The van der Waals surface area contributed by atoms with Gasteiger partial charge in [0.25, 0.3) is 5.91 Å². The summed E-state index contributed by atoms with van der Waals surface area (Å²) >= 11 is 5.58. The molecule has 1 aliphatic carbocycles. The molecule has 1 saturated carbocycles. The summed E-state index contributed by atoms with van der Waals surface area (Å²) < 4.78 is 38.9. The third-order valence-electron chi connectivity index (χ3n) is 5.73. The number of amides is 4. The fraction of sp³-hybridized carbons (Fsp3) is 0.550. The SMILES string of the molecule is CC1CCC2(CC1)NC(=O)N(CN(C)CC(=O)Nc1ccc(Cl)c(C(F)(F)F)c1)C2=O. The number of nitrogens with one attached hydrogen (secondary N) is 2. The largest absolute Gasteiger partial charge is 0.417 e. The molecule has 170 valence electrons. The quantitative estimate of drug-likeness (QED) is 0.657. The number of benzene rings is 1. The van der Waals surface area contributed by atoms with Crippen molar-refractivity contribution in [3.8, 4) is 0 Å². The molecule has 1 aromatic rings. The summed E-state index contributed by atoms with van der Waals surface area (Å²) in [6, 6.07) is 2.58. The highest BCUT2D eigenvalue weighted by Crippen LogP contribution is 2.37. The van der Waals surface area contributed by atoms with Crippen LogP contribution in [0.4, 0.5) is 23.7 Å². The van der Waals surface area contributed by atoms with E-state index >= 15 is 0 Å². The standard InChI is InChI=1S/C20H24ClF3N4O3/c1-12-5-7-19(8-6-12)17(30)28(18(31)26-19)11-27(2)10-16(29)25-13-3-4-15(21)14(9-13)20(22,23)24/h3-4,9,12H,5-8,10-11H2,1-2H3,(H,25,29)(H,26,31). The summed E-state index contributed by atoms with van der Waals surface area (Å²) in [5.74, 6) is -0.392. The molecule has 31 heavy (non-hydrogen) atoms. The minimum atomic E-state index is -4.65. The molecular formula is C20H24ClF3N4O3. The number of urea groups is 1. The molecule has 0 radical (unpaired) electrons. The molecule has 2 fully saturated rings. The van der Waals surface area contributed by atoms with Crippen LogP contribution >= 0.6 is 11.6 Å². The highest BCUT2D eigenvalue weighted by atomic mass is 35.5. The van der Waals surface area contributed by atoms with E-state index in [0.717, 1.165) is 29.9 Å². The van der Waals surface area contributed by atoms with Crippen LogP contribution < -0.4 is 10.6 Å². The summed E-state index contributed by atoms with van der Waals surface area (Å²) in [6.45, 7) is 1.77. The summed E-state index contributed by atoms with van der Waals surface area (Å²) in [5, 5.41) is 4.72. The number of rotatable bonds is 5. The lowest BCUT2D eigenvalue weighted by Crippen LogP contribution is -2.50. The van der Waals surface area contributed by atoms with Crippen molar-refractivity contribution < 1.29 is 27.6 Å². The molecule has 1 saturated heterocycles. The Labute approximate surface area is 182 Å². The van der Waals surface area contributed by atoms with Gasteiger partial charge in [-0.15, -0.1) is 0 Å². The lowest BCUT2D eigenvalue weighted by atomic mass is 9.77. The van der Waals surface area contributed by atoms with Crippen LogP contribution in [0.5, 0.6) is 0 Å². The average molecular weight is 461 g/mol. The Balaban J connectivity index is 1.58. The first-order valence-electron chi connectivity index (χ1n) is 9.90. The molecule has 0 bridgehead atoms. The third kappa shape index (κ3) is 5.12. The van der Waals surface area contributed by atoms with Crippen LogP contribution in [-0.4, -0.2) is 53.4 Å². The molecule has 7 nitrogen and oxygen atoms in total. The van der Waals surface area contributed by atoms with Gasteiger partial charge in [0.1, 0.15) is 5.54 Å². The smallest absolute Gasteiger partial charge is 0.325 e. The Kier molecular flexibility index (Phi) is 6.52. The molecule has 0 unspecified atom stereocenters. The van der Waals surface area contributed by atoms with Gasteiger partial charge in [-0.05, 0) is 56.8 Å². The Morgan fingerprint density at radius 1 is 1.32 bits per heavy atom. The zero-order chi connectivity index (χ0) is 23.0. The van der Waals surface area contributed by atoms with Gasteiger partial charge in [-0.1, -0.05) is 18.5 Å². The van der Waals surface area contributed by atoms with Crippen molar-refractivity contribution in [1.29, 1.82) is 0 Å². The second-order valence-corrected chi connectivity index (χ2v) is 8.73. The van der Waals surface area contributed by atoms with E-state index in [9.17, 15) is 27.6 Å². The van der Waals surface area contributed by atoms with E-state index in [1.54, 1.807) is 0 Å². The van der Waals surface area contributed by atoms with E-state index in [-0.39, 0.29) is 24.8 Å². The molecule has 0 atom stereocenters. The van der Waals surface area contributed by atoms with Crippen LogP contribution in [0.15, 0.2) is 18.2 Å². The number of likely N-dealkylation sites (N-methyl/N-ethyl adjacent to an activating group) is 1. The van der Waals surface area contributed by atoms with E-state index in [1.165, 1.54) is 18.0 Å². The predicted octanol–water partition coefficient (Wildman–Crippen LogP) is 3.69. The number of carbonyl (C=O) groups excluding carboxylic acids is 3. The van der Waals surface area contributed by atoms with Gasteiger partial charge in [-0.25, -0.2) is 9.69 Å². The van der Waals surface area contributed by atoms with Crippen molar-refractivity contribution >= 4 is 35.1 Å². The molecule has 4 amide bonds. The van der Waals surface area contributed by atoms with Crippen LogP contribution in [0.25, 0.3) is 0 Å². The van der Waals surface area contributed by atoms with Crippen LogP contribution in [-0.2, 0) is 15.8 Å². The minimum Gasteiger partial charge on any atom is -0.325 e. The van der Waals surface area contributed by atoms with E-state index in [4.69, 9.17) is 11.6 Å². The normalized spacial score (nSPS) is 24.1. The summed E-state index contributed by atoms with van der Waals surface area (Å²) in [6.07, 6.45) is -1.79. The maximum atomic E-state index is 13.0. The summed E-state index contributed by atoms with van der Waals surface area (Å²) in [7, 11) is 1.54. The fourth-order valence-electron chi connectivity index (χ4n) is 3.96. The summed E-state index contributed by atoms with van der Waals surface area (Å²) in [4.78, 5) is 40.0. The number of imide groups is 1. The first-order chi connectivity index (χ1) is 14.4. The molecule has 1 heterocycles. The molecule has 2 N–H and O–H groups in total. The van der Waals surface area contributed by atoms with E-state index < -0.39 is 34.2 Å². The van der Waals surface area contributed by atoms with Crippen LogP contribution in [0, 0.1) is 5.92 Å². The predicted molar refractivity (Wildman–Crippen MR) is 108 cm³/mol. The highest BCUT2D eigenvalue weighted by Gasteiger charge is 2.52. The average Bonchev–Trinajstić information content (AvgIpc) is 2.89. The number of anilines is 1. The maximum absolute atomic E-state index is 13.0. The Morgan fingerprint density at radius 2 is 1.97 bits per heavy atom. The second-order valence-electron chi connectivity index (χ2n) is 8.32. The first kappa shape index (κ1) is 23.3. The zero-order valence-electron chi connectivity index (χ0n) is 17.2. The molecular weight excluding hydrogens is 437 g/mol. The van der Waals surface area contributed by atoms with Gasteiger partial charge in [-0.2, -0.15) is 13.2 Å². The molecule has 11 heteroatoms. The first-order valence-corrected chi connectivity index (χ1v) is 10.3. The van der Waals surface area contributed by atoms with Crippen molar-refractivity contribution in [1.82, 2.24) is 15.1 Å². The van der Waals surface area contributed by atoms with Crippen LogP contribution in [0.2, 0.25) is 5.02 Å². The monoisotopic (exact) mass is 460 g/mol. The van der Waals surface area contributed by atoms with Gasteiger partial charge in [0, 0.05) is 5.69 Å².